The first-order valence-corrected chi connectivity index (χ1v) is 6.22. The first kappa shape index (κ1) is 11.6. The highest BCUT2D eigenvalue weighted by molar-refractivity contribution is 5.94. The molecule has 0 spiro atoms. The van der Waals surface area contributed by atoms with E-state index in [4.69, 9.17) is 4.74 Å². The number of nitrogens with zero attached hydrogens (tertiary/aromatic N) is 1. The Bertz CT molecular complexity index is 584. The molecule has 96 valence electrons. The van der Waals surface area contributed by atoms with Gasteiger partial charge in [0.1, 0.15) is 5.75 Å². The number of ether oxygens (including phenoxy) is 1. The minimum Gasteiger partial charge on any atom is -0.410 e. The predicted molar refractivity (Wildman–Crippen MR) is 74.7 cm³/mol. The molecule has 1 aliphatic rings. The van der Waals surface area contributed by atoms with Crippen LogP contribution in [0, 0.1) is 0 Å². The van der Waals surface area contributed by atoms with Gasteiger partial charge in [0.05, 0.1) is 11.4 Å². The van der Waals surface area contributed by atoms with Crippen molar-refractivity contribution in [3.63, 3.8) is 0 Å². The van der Waals surface area contributed by atoms with E-state index in [0.29, 0.717) is 12.3 Å². The molecule has 4 nitrogen and oxygen atoms in total. The average molecular weight is 254 g/mol. The third-order valence-corrected chi connectivity index (χ3v) is 3.01. The molecule has 3 rings (SSSR count). The van der Waals surface area contributed by atoms with E-state index in [2.05, 4.69) is 5.32 Å². The van der Waals surface area contributed by atoms with E-state index >= 15 is 0 Å². The largest absolute Gasteiger partial charge is 0.419 e. The normalized spacial score (nSPS) is 13.4. The predicted octanol–water partition coefficient (Wildman–Crippen LogP) is 3.12. The van der Waals surface area contributed by atoms with Crippen molar-refractivity contribution in [2.24, 2.45) is 0 Å². The number of hydrogen-bond donors (Lipinski definition) is 1. The summed E-state index contributed by atoms with van der Waals surface area (Å²) < 4.78 is 5.37. The van der Waals surface area contributed by atoms with Crippen LogP contribution in [0.3, 0.4) is 0 Å². The lowest BCUT2D eigenvalue weighted by atomic mass is 10.2. The van der Waals surface area contributed by atoms with Crippen LogP contribution in [-0.2, 0) is 0 Å². The van der Waals surface area contributed by atoms with E-state index in [9.17, 15) is 4.79 Å². The summed E-state index contributed by atoms with van der Waals surface area (Å²) in [5.74, 6) is 0.559. The average Bonchev–Trinajstić information content (AvgIpc) is 2.47. The van der Waals surface area contributed by atoms with Crippen molar-refractivity contribution in [2.75, 3.05) is 23.3 Å². The summed E-state index contributed by atoms with van der Waals surface area (Å²) in [4.78, 5) is 13.9. The maximum atomic E-state index is 12.2. The van der Waals surface area contributed by atoms with E-state index in [1.165, 1.54) is 0 Å². The van der Waals surface area contributed by atoms with Crippen molar-refractivity contribution in [1.29, 1.82) is 0 Å². The first-order chi connectivity index (χ1) is 9.34. The summed E-state index contributed by atoms with van der Waals surface area (Å²) in [5, 5.41) is 3.26. The van der Waals surface area contributed by atoms with Crippen LogP contribution in [0.2, 0.25) is 0 Å². The Morgan fingerprint density at radius 3 is 2.63 bits per heavy atom. The highest BCUT2D eigenvalue weighted by Gasteiger charge is 2.23. The molecule has 2 aromatic rings. The zero-order valence-corrected chi connectivity index (χ0v) is 10.4. The van der Waals surface area contributed by atoms with Crippen molar-refractivity contribution in [1.82, 2.24) is 0 Å². The third kappa shape index (κ3) is 2.38. The number of rotatable bonds is 1. The molecule has 0 saturated heterocycles. The Kier molecular flexibility index (Phi) is 3.06. The SMILES string of the molecule is O=C(Oc1ccccc1)N1CCNc2ccccc21. The molecule has 0 aromatic heterocycles. The molecule has 2 aromatic carbocycles. The minimum atomic E-state index is -0.347. The molecule has 0 fully saturated rings. The molecule has 1 aliphatic heterocycles. The number of amides is 1. The number of anilines is 2. The highest BCUT2D eigenvalue weighted by atomic mass is 16.6. The van der Waals surface area contributed by atoms with Gasteiger partial charge >= 0.3 is 6.09 Å². The van der Waals surface area contributed by atoms with Gasteiger partial charge < -0.3 is 10.1 Å². The number of para-hydroxylation sites is 3. The van der Waals surface area contributed by atoms with Gasteiger partial charge in [-0.3, -0.25) is 4.90 Å². The summed E-state index contributed by atoms with van der Waals surface area (Å²) in [6.45, 7) is 1.32. The number of hydrogen-bond acceptors (Lipinski definition) is 3. The van der Waals surface area contributed by atoms with Crippen LogP contribution < -0.4 is 15.0 Å². The molecule has 1 heterocycles. The highest BCUT2D eigenvalue weighted by Crippen LogP contribution is 2.29. The molecule has 0 saturated carbocycles. The Balaban J connectivity index is 1.82. The molecular formula is C15H14N2O2. The molecule has 0 atom stereocenters. The quantitative estimate of drug-likeness (QED) is 0.850. The first-order valence-electron chi connectivity index (χ1n) is 6.22. The lowest BCUT2D eigenvalue weighted by Crippen LogP contribution is -2.40. The second-order valence-corrected chi connectivity index (χ2v) is 4.28. The summed E-state index contributed by atoms with van der Waals surface area (Å²) in [7, 11) is 0. The van der Waals surface area contributed by atoms with Crippen LogP contribution in [0.25, 0.3) is 0 Å². The van der Waals surface area contributed by atoms with Crippen molar-refractivity contribution in [2.45, 2.75) is 0 Å². The van der Waals surface area contributed by atoms with E-state index < -0.39 is 0 Å². The van der Waals surface area contributed by atoms with Crippen LogP contribution in [0.4, 0.5) is 16.2 Å². The number of carbonyl (C=O) groups is 1. The second-order valence-electron chi connectivity index (χ2n) is 4.28. The molecule has 0 aliphatic carbocycles. The van der Waals surface area contributed by atoms with Gasteiger partial charge in [0.15, 0.2) is 0 Å². The Hall–Kier alpha value is -2.49. The van der Waals surface area contributed by atoms with Crippen LogP contribution in [0.5, 0.6) is 5.75 Å². The number of carbonyl (C=O) groups excluding carboxylic acids is 1. The molecule has 1 N–H and O–H groups in total. The molecule has 0 radical (unpaired) electrons. The van der Waals surface area contributed by atoms with Gasteiger partial charge in [0.25, 0.3) is 0 Å². The van der Waals surface area contributed by atoms with Gasteiger partial charge in [-0.05, 0) is 24.3 Å². The Morgan fingerprint density at radius 2 is 1.79 bits per heavy atom. The van der Waals surface area contributed by atoms with E-state index in [1.807, 2.05) is 42.5 Å². The third-order valence-electron chi connectivity index (χ3n) is 3.01. The van der Waals surface area contributed by atoms with Crippen molar-refractivity contribution in [3.8, 4) is 5.75 Å². The maximum absolute atomic E-state index is 12.2. The fourth-order valence-corrected chi connectivity index (χ4v) is 2.12. The molecule has 0 bridgehead atoms. The minimum absolute atomic E-state index is 0.347. The van der Waals surface area contributed by atoms with E-state index in [-0.39, 0.29) is 6.09 Å². The summed E-state index contributed by atoms with van der Waals surface area (Å²) in [6, 6.07) is 16.8. The molecule has 1 amide bonds. The van der Waals surface area contributed by atoms with Gasteiger partial charge in [0, 0.05) is 13.1 Å². The van der Waals surface area contributed by atoms with Gasteiger partial charge in [-0.1, -0.05) is 30.3 Å². The van der Waals surface area contributed by atoms with Crippen LogP contribution >= 0.6 is 0 Å². The number of nitrogens with one attached hydrogen (secondary N) is 1. The van der Waals surface area contributed by atoms with Gasteiger partial charge in [0.2, 0.25) is 0 Å². The topological polar surface area (TPSA) is 41.6 Å². The van der Waals surface area contributed by atoms with E-state index in [1.54, 1.807) is 17.0 Å². The summed E-state index contributed by atoms with van der Waals surface area (Å²) in [6.07, 6.45) is -0.347. The van der Waals surface area contributed by atoms with Gasteiger partial charge in [-0.2, -0.15) is 0 Å². The fraction of sp³-hybridized carbons (Fsp3) is 0.133. The fourth-order valence-electron chi connectivity index (χ4n) is 2.12. The molecule has 19 heavy (non-hydrogen) atoms. The van der Waals surface area contributed by atoms with Crippen LogP contribution in [0.15, 0.2) is 54.6 Å². The second kappa shape index (κ2) is 5.02. The van der Waals surface area contributed by atoms with Gasteiger partial charge in [-0.25, -0.2) is 4.79 Å². The zero-order chi connectivity index (χ0) is 13.1. The number of benzene rings is 2. The monoisotopic (exact) mass is 254 g/mol. The summed E-state index contributed by atoms with van der Waals surface area (Å²) in [5.41, 5.74) is 1.81. The van der Waals surface area contributed by atoms with Crippen molar-refractivity contribution >= 4 is 17.5 Å². The van der Waals surface area contributed by atoms with Crippen LogP contribution in [0.1, 0.15) is 0 Å². The smallest absolute Gasteiger partial charge is 0.410 e. The molecule has 4 heteroatoms. The Morgan fingerprint density at radius 1 is 1.05 bits per heavy atom. The van der Waals surface area contributed by atoms with Gasteiger partial charge in [-0.15, -0.1) is 0 Å². The lowest BCUT2D eigenvalue weighted by molar-refractivity contribution is 0.207. The van der Waals surface area contributed by atoms with Crippen LogP contribution in [-0.4, -0.2) is 19.2 Å². The Labute approximate surface area is 111 Å². The molecular weight excluding hydrogens is 240 g/mol. The van der Waals surface area contributed by atoms with E-state index in [0.717, 1.165) is 17.9 Å². The zero-order valence-electron chi connectivity index (χ0n) is 10.4. The maximum Gasteiger partial charge on any atom is 0.419 e. The molecule has 0 unspecified atom stereocenters. The lowest BCUT2D eigenvalue weighted by Gasteiger charge is -2.29. The number of fused-ring (bicyclic) bond motifs is 1. The standard InChI is InChI=1S/C15H14N2O2/c18-15(19-12-6-2-1-3-7-12)17-11-10-16-13-8-4-5-9-14(13)17/h1-9,16H,10-11H2. The van der Waals surface area contributed by atoms with Crippen molar-refractivity contribution in [3.05, 3.63) is 54.6 Å². The summed E-state index contributed by atoms with van der Waals surface area (Å²) >= 11 is 0. The van der Waals surface area contributed by atoms with Crippen molar-refractivity contribution < 1.29 is 9.53 Å².